The van der Waals surface area contributed by atoms with Crippen LogP contribution < -0.4 is 14.8 Å². The zero-order valence-corrected chi connectivity index (χ0v) is 25.5. The average molecular weight is 584 g/mol. The number of ether oxygens (including phenoxy) is 6. The molecule has 0 fully saturated rings. The molecule has 232 valence electrons. The van der Waals surface area contributed by atoms with Gasteiger partial charge >= 0.3 is 24.4 Å². The summed E-state index contributed by atoms with van der Waals surface area (Å²) in [5.74, 6) is -1.67. The quantitative estimate of drug-likeness (QED) is 0.113. The summed E-state index contributed by atoms with van der Waals surface area (Å²) in [6, 6.07) is 3.61. The van der Waals surface area contributed by atoms with Crippen molar-refractivity contribution >= 4 is 24.4 Å². The van der Waals surface area contributed by atoms with Crippen molar-refractivity contribution < 1.29 is 52.7 Å². The standard InChI is InChI=1S/C29H45NO11/c1-10-19(5)16-36-25(33)38-22-13-12-21(14-23(22)39-26(34)37-17-20(6)11-2)15-29(24(31)32,30-18(3)4)41-27(35)40-28(7,8)9/h12-14,18-20,30H,10-11,15-17H2,1-9H3,(H,31,32)/t19?,20?,29-/m0/s1. The Morgan fingerprint density at radius 1 is 0.805 bits per heavy atom. The zero-order chi connectivity index (χ0) is 31.4. The van der Waals surface area contributed by atoms with Crippen LogP contribution in [0.2, 0.25) is 0 Å². The van der Waals surface area contributed by atoms with Crippen LogP contribution in [0.4, 0.5) is 14.4 Å². The summed E-state index contributed by atoms with van der Waals surface area (Å²) >= 11 is 0. The number of hydrogen-bond donors (Lipinski definition) is 2. The molecule has 2 N–H and O–H groups in total. The van der Waals surface area contributed by atoms with Crippen LogP contribution in [0.15, 0.2) is 18.2 Å². The molecule has 3 atom stereocenters. The van der Waals surface area contributed by atoms with Crippen LogP contribution in [0.25, 0.3) is 0 Å². The Hall–Kier alpha value is -3.54. The molecule has 0 saturated heterocycles. The van der Waals surface area contributed by atoms with Gasteiger partial charge in [0.15, 0.2) is 11.5 Å². The highest BCUT2D eigenvalue weighted by Gasteiger charge is 2.45. The number of carbonyl (C=O) groups is 4. The molecule has 1 aromatic carbocycles. The molecule has 0 aliphatic carbocycles. The van der Waals surface area contributed by atoms with E-state index < -0.39 is 48.2 Å². The number of carboxylic acid groups (broad SMARTS) is 1. The maximum atomic E-state index is 12.5. The smallest absolute Gasteiger partial charge is 0.477 e. The van der Waals surface area contributed by atoms with Crippen LogP contribution >= 0.6 is 0 Å². The van der Waals surface area contributed by atoms with Gasteiger partial charge in [0.1, 0.15) is 5.60 Å². The Bertz CT molecular complexity index is 1030. The second kappa shape index (κ2) is 16.0. The number of rotatable bonds is 14. The summed E-state index contributed by atoms with van der Waals surface area (Å²) in [5.41, 5.74) is -2.92. The zero-order valence-electron chi connectivity index (χ0n) is 25.5. The van der Waals surface area contributed by atoms with Crippen LogP contribution in [0.1, 0.15) is 80.7 Å². The van der Waals surface area contributed by atoms with Gasteiger partial charge in [0.25, 0.3) is 5.72 Å². The van der Waals surface area contributed by atoms with Crippen LogP contribution in [-0.2, 0) is 30.2 Å². The lowest BCUT2D eigenvalue weighted by molar-refractivity contribution is -0.169. The molecule has 0 saturated carbocycles. The third-order valence-electron chi connectivity index (χ3n) is 5.73. The fourth-order valence-corrected chi connectivity index (χ4v) is 3.19. The van der Waals surface area contributed by atoms with Gasteiger partial charge in [-0.1, -0.05) is 46.6 Å². The Labute approximate surface area is 241 Å². The van der Waals surface area contributed by atoms with Crippen molar-refractivity contribution in [3.05, 3.63) is 23.8 Å². The Balaban J connectivity index is 3.39. The fraction of sp³-hybridized carbons (Fsp3) is 0.655. The largest absolute Gasteiger partial charge is 0.513 e. The molecule has 12 heteroatoms. The molecular weight excluding hydrogens is 538 g/mol. The van der Waals surface area contributed by atoms with E-state index in [2.05, 4.69) is 5.32 Å². The highest BCUT2D eigenvalue weighted by atomic mass is 16.8. The first kappa shape index (κ1) is 35.5. The summed E-state index contributed by atoms with van der Waals surface area (Å²) in [6.45, 7) is 16.1. The van der Waals surface area contributed by atoms with Crippen molar-refractivity contribution in [1.29, 1.82) is 0 Å². The molecule has 1 rings (SSSR count). The van der Waals surface area contributed by atoms with Crippen LogP contribution in [0.3, 0.4) is 0 Å². The number of nitrogens with one attached hydrogen (secondary N) is 1. The molecule has 12 nitrogen and oxygen atoms in total. The number of carbonyl (C=O) groups excluding carboxylic acids is 3. The van der Waals surface area contributed by atoms with Gasteiger partial charge in [0.05, 0.1) is 13.2 Å². The third-order valence-corrected chi connectivity index (χ3v) is 5.73. The molecule has 1 aromatic rings. The van der Waals surface area contributed by atoms with Crippen molar-refractivity contribution in [2.45, 2.75) is 98.9 Å². The Morgan fingerprint density at radius 2 is 1.32 bits per heavy atom. The molecule has 0 aliphatic heterocycles. The summed E-state index contributed by atoms with van der Waals surface area (Å²) in [7, 11) is 0. The van der Waals surface area contributed by atoms with E-state index in [-0.39, 0.29) is 42.1 Å². The molecule has 0 heterocycles. The first-order valence-electron chi connectivity index (χ1n) is 13.7. The van der Waals surface area contributed by atoms with Gasteiger partial charge in [0.2, 0.25) is 0 Å². The van der Waals surface area contributed by atoms with E-state index in [1.807, 2.05) is 27.7 Å². The predicted molar refractivity (Wildman–Crippen MR) is 149 cm³/mol. The van der Waals surface area contributed by atoms with E-state index in [1.165, 1.54) is 18.2 Å². The Kier molecular flexibility index (Phi) is 13.9. The van der Waals surface area contributed by atoms with Gasteiger partial charge in [0, 0.05) is 12.5 Å². The van der Waals surface area contributed by atoms with Gasteiger partial charge in [-0.2, -0.15) is 0 Å². The van der Waals surface area contributed by atoms with Crippen LogP contribution in [0, 0.1) is 11.8 Å². The minimum Gasteiger partial charge on any atom is -0.477 e. The van der Waals surface area contributed by atoms with Gasteiger partial charge in [-0.3, -0.25) is 5.32 Å². The molecule has 0 aromatic heterocycles. The topological polar surface area (TPSA) is 156 Å². The van der Waals surface area contributed by atoms with Crippen molar-refractivity contribution in [2.24, 2.45) is 11.8 Å². The van der Waals surface area contributed by atoms with Crippen molar-refractivity contribution in [1.82, 2.24) is 5.32 Å². The fourth-order valence-electron chi connectivity index (χ4n) is 3.19. The normalized spacial score (nSPS) is 14.3. The van der Waals surface area contributed by atoms with Gasteiger partial charge in [-0.05, 0) is 64.2 Å². The molecular formula is C29H45NO11. The Morgan fingerprint density at radius 3 is 1.76 bits per heavy atom. The van der Waals surface area contributed by atoms with Crippen LogP contribution in [0.5, 0.6) is 11.5 Å². The van der Waals surface area contributed by atoms with Crippen LogP contribution in [-0.4, -0.2) is 60.1 Å². The third kappa shape index (κ3) is 13.1. The summed E-state index contributed by atoms with van der Waals surface area (Å²) in [6.07, 6.45) is -2.09. The minimum atomic E-state index is -2.25. The van der Waals surface area contributed by atoms with Crippen molar-refractivity contribution in [2.75, 3.05) is 13.2 Å². The lowest BCUT2D eigenvalue weighted by Crippen LogP contribution is -2.59. The summed E-state index contributed by atoms with van der Waals surface area (Å²) in [4.78, 5) is 49.7. The van der Waals surface area contributed by atoms with E-state index in [9.17, 15) is 24.3 Å². The van der Waals surface area contributed by atoms with E-state index in [1.54, 1.807) is 34.6 Å². The summed E-state index contributed by atoms with van der Waals surface area (Å²) < 4.78 is 31.4. The molecule has 0 aliphatic rings. The number of aliphatic carboxylic acids is 1. The number of benzene rings is 1. The predicted octanol–water partition coefficient (Wildman–Crippen LogP) is 6.08. The lowest BCUT2D eigenvalue weighted by atomic mass is 10.0. The minimum absolute atomic E-state index is 0.0865. The average Bonchev–Trinajstić information content (AvgIpc) is 2.85. The van der Waals surface area contributed by atoms with Gasteiger partial charge in [-0.15, -0.1) is 0 Å². The molecule has 0 amide bonds. The molecule has 0 radical (unpaired) electrons. The van der Waals surface area contributed by atoms with Crippen molar-refractivity contribution in [3.63, 3.8) is 0 Å². The van der Waals surface area contributed by atoms with E-state index in [0.717, 1.165) is 12.8 Å². The summed E-state index contributed by atoms with van der Waals surface area (Å²) in [5, 5.41) is 12.9. The van der Waals surface area contributed by atoms with Crippen molar-refractivity contribution in [3.8, 4) is 11.5 Å². The van der Waals surface area contributed by atoms with Gasteiger partial charge in [-0.25, -0.2) is 19.2 Å². The SMILES string of the molecule is CCC(C)COC(=O)Oc1ccc(C[C@](NC(C)C)(OC(=O)OC(C)(C)C)C(=O)O)cc1OC(=O)OCC(C)CC. The monoisotopic (exact) mass is 583 g/mol. The molecule has 0 spiro atoms. The lowest BCUT2D eigenvalue weighted by Gasteiger charge is -2.33. The molecule has 0 bridgehead atoms. The second-order valence-electron chi connectivity index (χ2n) is 11.3. The second-order valence-corrected chi connectivity index (χ2v) is 11.3. The molecule has 41 heavy (non-hydrogen) atoms. The molecule has 2 unspecified atom stereocenters. The maximum absolute atomic E-state index is 12.5. The van der Waals surface area contributed by atoms with E-state index >= 15 is 0 Å². The maximum Gasteiger partial charge on any atom is 0.513 e. The first-order chi connectivity index (χ1) is 19.0. The van der Waals surface area contributed by atoms with E-state index in [4.69, 9.17) is 28.4 Å². The number of carboxylic acids is 1. The highest BCUT2D eigenvalue weighted by molar-refractivity contribution is 5.80. The van der Waals surface area contributed by atoms with Gasteiger partial charge < -0.3 is 33.5 Å². The highest BCUT2D eigenvalue weighted by Crippen LogP contribution is 2.32. The first-order valence-corrected chi connectivity index (χ1v) is 13.7. The number of hydrogen-bond acceptors (Lipinski definition) is 11. The van der Waals surface area contributed by atoms with E-state index in [0.29, 0.717) is 0 Å².